The lowest BCUT2D eigenvalue weighted by molar-refractivity contribution is 0.622. The van der Waals surface area contributed by atoms with E-state index in [1.54, 1.807) is 0 Å². The maximum Gasteiger partial charge on any atom is 0.227 e. The summed E-state index contributed by atoms with van der Waals surface area (Å²) >= 11 is 0. The molecule has 0 aliphatic heterocycles. The zero-order valence-electron chi connectivity index (χ0n) is 30.8. The van der Waals surface area contributed by atoms with Gasteiger partial charge in [-0.2, -0.15) is 0 Å². The molecule has 0 radical (unpaired) electrons. The van der Waals surface area contributed by atoms with Crippen LogP contribution in [0.4, 0.5) is 17.1 Å². The third-order valence-electron chi connectivity index (χ3n) is 10.9. The van der Waals surface area contributed by atoms with E-state index in [-0.39, 0.29) is 0 Å². The Hall–Kier alpha value is -7.69. The number of fused-ring (bicyclic) bond motifs is 6. The average molecular weight is 731 g/mol. The molecule has 0 amide bonds. The largest absolute Gasteiger partial charge is 0.455 e. The Bertz CT molecular complexity index is 3220. The first-order valence-corrected chi connectivity index (χ1v) is 19.2. The molecule has 0 aliphatic carbocycles. The van der Waals surface area contributed by atoms with Crippen molar-refractivity contribution in [1.29, 1.82) is 0 Å². The van der Waals surface area contributed by atoms with E-state index in [2.05, 4.69) is 163 Å². The first-order chi connectivity index (χ1) is 28.2. The Morgan fingerprint density at radius 1 is 0.386 bits per heavy atom. The maximum atomic E-state index is 6.62. The third-order valence-corrected chi connectivity index (χ3v) is 10.9. The quantitative estimate of drug-likeness (QED) is 0.164. The number of anilines is 3. The summed E-state index contributed by atoms with van der Waals surface area (Å²) in [6.07, 6.45) is 0. The summed E-state index contributed by atoms with van der Waals surface area (Å²) in [6.45, 7) is 0. The van der Waals surface area contributed by atoms with Gasteiger partial charge in [-0.3, -0.25) is 0 Å². The second-order valence-electron chi connectivity index (χ2n) is 14.3. The Kier molecular flexibility index (Phi) is 7.78. The predicted octanol–water partition coefficient (Wildman–Crippen LogP) is 15.0. The van der Waals surface area contributed by atoms with Crippen LogP contribution >= 0.6 is 0 Å². The van der Waals surface area contributed by atoms with Crippen LogP contribution in [0.1, 0.15) is 0 Å². The maximum absolute atomic E-state index is 6.62. The van der Waals surface area contributed by atoms with Crippen molar-refractivity contribution in [3.63, 3.8) is 0 Å². The van der Waals surface area contributed by atoms with Crippen molar-refractivity contribution >= 4 is 60.9 Å². The lowest BCUT2D eigenvalue weighted by atomic mass is 9.99. The Morgan fingerprint density at radius 2 is 0.982 bits per heavy atom. The molecule has 11 aromatic rings. The van der Waals surface area contributed by atoms with Gasteiger partial charge < -0.3 is 13.7 Å². The van der Waals surface area contributed by atoms with Crippen molar-refractivity contribution in [2.24, 2.45) is 0 Å². The van der Waals surface area contributed by atoms with Crippen LogP contribution in [0.25, 0.3) is 88.6 Å². The van der Waals surface area contributed by atoms with Gasteiger partial charge in [0.05, 0.1) is 11.1 Å². The highest BCUT2D eigenvalue weighted by molar-refractivity contribution is 6.20. The minimum absolute atomic E-state index is 0.587. The summed E-state index contributed by atoms with van der Waals surface area (Å²) < 4.78 is 13.1. The van der Waals surface area contributed by atoms with Crippen LogP contribution in [0, 0.1) is 0 Å². The van der Waals surface area contributed by atoms with E-state index in [1.165, 1.54) is 21.9 Å². The number of furan rings is 1. The van der Waals surface area contributed by atoms with Gasteiger partial charge in [-0.25, -0.2) is 4.98 Å². The standard InChI is InChI=1S/C53H34N2O2/c1-3-14-37(15-4-1)44-19-9-11-21-48(44)55(42-29-25-36(26-30-42)41-24-23-35-13-7-8-18-40(35)33-41)43-31-27-38(28-32-43)46-34-47-52(57-53(54-47)39-16-5-2-6-17-39)50-45-20-10-12-22-49(45)56-51(46)50/h1-34H. The van der Waals surface area contributed by atoms with Crippen LogP contribution in [0.15, 0.2) is 215 Å². The van der Waals surface area contributed by atoms with Crippen LogP contribution in [0.3, 0.4) is 0 Å². The minimum Gasteiger partial charge on any atom is -0.455 e. The van der Waals surface area contributed by atoms with E-state index in [0.29, 0.717) is 5.89 Å². The highest BCUT2D eigenvalue weighted by Crippen LogP contribution is 2.45. The Labute approximate surface area is 329 Å². The molecular formula is C53H34N2O2. The van der Waals surface area contributed by atoms with Crippen molar-refractivity contribution in [2.45, 2.75) is 0 Å². The number of hydrogen-bond acceptors (Lipinski definition) is 4. The predicted molar refractivity (Wildman–Crippen MR) is 235 cm³/mol. The summed E-state index contributed by atoms with van der Waals surface area (Å²) in [5.41, 5.74) is 13.9. The molecule has 4 nitrogen and oxygen atoms in total. The smallest absolute Gasteiger partial charge is 0.227 e. The number of oxazole rings is 1. The van der Waals surface area contributed by atoms with Gasteiger partial charge in [-0.05, 0) is 93.7 Å². The van der Waals surface area contributed by atoms with Crippen LogP contribution in [-0.4, -0.2) is 4.98 Å². The summed E-state index contributed by atoms with van der Waals surface area (Å²) in [4.78, 5) is 7.34. The number of para-hydroxylation sites is 2. The molecule has 0 bridgehead atoms. The zero-order valence-corrected chi connectivity index (χ0v) is 30.8. The number of aromatic nitrogens is 1. The average Bonchev–Trinajstić information content (AvgIpc) is 3.90. The molecule has 0 saturated carbocycles. The molecule has 2 heterocycles. The normalized spacial score (nSPS) is 11.5. The first kappa shape index (κ1) is 32.7. The fraction of sp³-hybridized carbons (Fsp3) is 0. The van der Waals surface area contributed by atoms with Gasteiger partial charge >= 0.3 is 0 Å². The second kappa shape index (κ2) is 13.6. The molecule has 268 valence electrons. The molecule has 9 aromatic carbocycles. The molecule has 57 heavy (non-hydrogen) atoms. The lowest BCUT2D eigenvalue weighted by Crippen LogP contribution is -2.11. The van der Waals surface area contributed by atoms with Gasteiger partial charge in [-0.1, -0.05) is 146 Å². The van der Waals surface area contributed by atoms with Crippen molar-refractivity contribution in [1.82, 2.24) is 4.98 Å². The Morgan fingerprint density at radius 3 is 1.75 bits per heavy atom. The van der Waals surface area contributed by atoms with Gasteiger partial charge in [0.25, 0.3) is 0 Å². The van der Waals surface area contributed by atoms with Gasteiger partial charge in [0.1, 0.15) is 16.7 Å². The van der Waals surface area contributed by atoms with Crippen molar-refractivity contribution in [2.75, 3.05) is 4.90 Å². The summed E-state index contributed by atoms with van der Waals surface area (Å²) in [5.74, 6) is 0.587. The van der Waals surface area contributed by atoms with E-state index in [9.17, 15) is 0 Å². The molecule has 0 aliphatic rings. The molecule has 0 N–H and O–H groups in total. The van der Waals surface area contributed by atoms with E-state index in [1.807, 2.05) is 48.5 Å². The second-order valence-corrected chi connectivity index (χ2v) is 14.3. The van der Waals surface area contributed by atoms with Gasteiger partial charge in [-0.15, -0.1) is 0 Å². The van der Waals surface area contributed by atoms with Crippen LogP contribution in [0.5, 0.6) is 0 Å². The monoisotopic (exact) mass is 730 g/mol. The number of nitrogens with zero attached hydrogens (tertiary/aromatic N) is 2. The fourth-order valence-corrected chi connectivity index (χ4v) is 8.11. The Balaban J connectivity index is 1.05. The SMILES string of the molecule is c1ccc(-c2nc3cc(-c4ccc(N(c5ccc(-c6ccc7ccccc7c6)cc5)c5ccccc5-c5ccccc5)cc4)c4oc5ccccc5c4c3o2)cc1. The summed E-state index contributed by atoms with van der Waals surface area (Å²) in [5, 5.41) is 4.41. The number of rotatable bonds is 7. The first-order valence-electron chi connectivity index (χ1n) is 19.2. The molecule has 4 heteroatoms. The topological polar surface area (TPSA) is 42.4 Å². The highest BCUT2D eigenvalue weighted by Gasteiger charge is 2.22. The summed E-state index contributed by atoms with van der Waals surface area (Å²) in [7, 11) is 0. The number of benzene rings is 9. The molecule has 0 spiro atoms. The number of hydrogen-bond donors (Lipinski definition) is 0. The van der Waals surface area contributed by atoms with Crippen LogP contribution in [-0.2, 0) is 0 Å². The molecule has 0 fully saturated rings. The van der Waals surface area contributed by atoms with Crippen molar-refractivity contribution in [3.05, 3.63) is 206 Å². The van der Waals surface area contributed by atoms with Crippen LogP contribution in [0.2, 0.25) is 0 Å². The lowest BCUT2D eigenvalue weighted by Gasteiger charge is -2.28. The van der Waals surface area contributed by atoms with E-state index in [4.69, 9.17) is 13.8 Å². The van der Waals surface area contributed by atoms with E-state index in [0.717, 1.165) is 77.9 Å². The van der Waals surface area contributed by atoms with Crippen molar-refractivity contribution in [3.8, 4) is 44.8 Å². The molecule has 0 atom stereocenters. The molecular weight excluding hydrogens is 697 g/mol. The van der Waals surface area contributed by atoms with Crippen LogP contribution < -0.4 is 4.90 Å². The minimum atomic E-state index is 0.587. The van der Waals surface area contributed by atoms with Gasteiger partial charge in [0.2, 0.25) is 5.89 Å². The highest BCUT2D eigenvalue weighted by atomic mass is 16.4. The summed E-state index contributed by atoms with van der Waals surface area (Å²) in [6, 6.07) is 72.3. The fourth-order valence-electron chi connectivity index (χ4n) is 8.11. The molecule has 11 rings (SSSR count). The zero-order chi connectivity index (χ0) is 37.7. The molecule has 0 unspecified atom stereocenters. The van der Waals surface area contributed by atoms with E-state index < -0.39 is 0 Å². The van der Waals surface area contributed by atoms with Gasteiger partial charge in [0.15, 0.2) is 5.58 Å². The van der Waals surface area contributed by atoms with E-state index >= 15 is 0 Å². The van der Waals surface area contributed by atoms with Gasteiger partial charge in [0, 0.05) is 33.5 Å². The van der Waals surface area contributed by atoms with Crippen molar-refractivity contribution < 1.29 is 8.83 Å². The third kappa shape index (κ3) is 5.74. The molecule has 2 aromatic heterocycles. The molecule has 0 saturated heterocycles.